The predicted molar refractivity (Wildman–Crippen MR) is 108 cm³/mol. The zero-order valence-corrected chi connectivity index (χ0v) is 16.5. The van der Waals surface area contributed by atoms with Gasteiger partial charge < -0.3 is 24.7 Å². The summed E-state index contributed by atoms with van der Waals surface area (Å²) in [5, 5.41) is 13.0. The molecule has 0 saturated heterocycles. The van der Waals surface area contributed by atoms with Crippen molar-refractivity contribution in [2.24, 2.45) is 0 Å². The van der Waals surface area contributed by atoms with Crippen LogP contribution in [-0.4, -0.2) is 61.2 Å². The number of nitrogens with zero attached hydrogens (tertiary/aromatic N) is 4. The predicted octanol–water partition coefficient (Wildman–Crippen LogP) is 1.15. The fourth-order valence-corrected chi connectivity index (χ4v) is 3.38. The molecule has 4 rings (SSSR count). The van der Waals surface area contributed by atoms with Gasteiger partial charge in [0.15, 0.2) is 6.04 Å². The molecule has 0 saturated carbocycles. The smallest absolute Gasteiger partial charge is 0.330 e. The van der Waals surface area contributed by atoms with E-state index in [1.807, 2.05) is 6.07 Å². The summed E-state index contributed by atoms with van der Waals surface area (Å²) in [6.45, 7) is -0.267. The first kappa shape index (κ1) is 20.4. The van der Waals surface area contributed by atoms with Crippen LogP contribution >= 0.6 is 0 Å². The maximum atomic E-state index is 13.7. The van der Waals surface area contributed by atoms with Gasteiger partial charge >= 0.3 is 5.97 Å². The Morgan fingerprint density at radius 1 is 1.32 bits per heavy atom. The van der Waals surface area contributed by atoms with Crippen molar-refractivity contribution in [3.05, 3.63) is 42.9 Å². The summed E-state index contributed by atoms with van der Waals surface area (Å²) in [4.78, 5) is 39.4. The van der Waals surface area contributed by atoms with Gasteiger partial charge in [0.05, 0.1) is 25.6 Å². The lowest BCUT2D eigenvalue weighted by Gasteiger charge is -2.14. The Morgan fingerprint density at radius 3 is 2.94 bits per heavy atom. The van der Waals surface area contributed by atoms with Gasteiger partial charge in [-0.2, -0.15) is 0 Å². The third-order valence-corrected chi connectivity index (χ3v) is 4.89. The molecule has 160 valence electrons. The molecule has 0 aliphatic carbocycles. The number of ether oxygens (including phenoxy) is 1. The highest BCUT2D eigenvalue weighted by Gasteiger charge is 2.20. The molecular formula is C20H19FN6O4. The zero-order valence-electron chi connectivity index (χ0n) is 16.5. The summed E-state index contributed by atoms with van der Waals surface area (Å²) < 4.78 is 20.0. The zero-order chi connectivity index (χ0) is 22.0. The molecule has 0 bridgehead atoms. The molecule has 0 aromatic carbocycles. The molecule has 0 spiro atoms. The average molecular weight is 426 g/mol. The van der Waals surface area contributed by atoms with Gasteiger partial charge in [-0.05, 0) is 12.1 Å². The van der Waals surface area contributed by atoms with E-state index in [4.69, 9.17) is 0 Å². The fraction of sp³-hybridized carbons (Fsp3) is 0.250. The number of aromatic amines is 1. The number of rotatable bonds is 7. The van der Waals surface area contributed by atoms with Crippen LogP contribution in [0.5, 0.6) is 0 Å². The minimum atomic E-state index is -1.11. The SMILES string of the molecule is COC(=O)[C@H](CO)NC(=O)CCn1ccc2c(-c3c[nH]c4ncc(F)cc34)ncnc21. The van der Waals surface area contributed by atoms with E-state index in [0.717, 1.165) is 11.6 Å². The van der Waals surface area contributed by atoms with Crippen molar-refractivity contribution in [2.75, 3.05) is 13.7 Å². The number of H-pyrrole nitrogens is 1. The molecule has 1 amide bonds. The number of carbonyl (C=O) groups is 2. The number of amides is 1. The molecule has 1 atom stereocenters. The van der Waals surface area contributed by atoms with Crippen molar-refractivity contribution in [1.82, 2.24) is 29.8 Å². The number of hydrogen-bond acceptors (Lipinski definition) is 7. The molecule has 3 N–H and O–H groups in total. The average Bonchev–Trinajstić information content (AvgIpc) is 3.39. The number of nitrogens with one attached hydrogen (secondary N) is 2. The summed E-state index contributed by atoms with van der Waals surface area (Å²) in [7, 11) is 1.18. The monoisotopic (exact) mass is 426 g/mol. The highest BCUT2D eigenvalue weighted by molar-refractivity contribution is 6.01. The number of methoxy groups -OCH3 is 1. The van der Waals surface area contributed by atoms with Crippen molar-refractivity contribution < 1.29 is 23.8 Å². The van der Waals surface area contributed by atoms with Gasteiger partial charge in [0.1, 0.15) is 23.4 Å². The summed E-state index contributed by atoms with van der Waals surface area (Å²) >= 11 is 0. The van der Waals surface area contributed by atoms with E-state index in [0.29, 0.717) is 27.9 Å². The second-order valence-electron chi connectivity index (χ2n) is 6.80. The van der Waals surface area contributed by atoms with Crippen LogP contribution in [-0.2, 0) is 20.9 Å². The van der Waals surface area contributed by atoms with Gasteiger partial charge in [0, 0.05) is 41.7 Å². The molecule has 0 radical (unpaired) electrons. The second-order valence-corrected chi connectivity index (χ2v) is 6.80. The number of aliphatic hydroxyl groups is 1. The topological polar surface area (TPSA) is 135 Å². The Hall–Kier alpha value is -3.86. The molecule has 31 heavy (non-hydrogen) atoms. The van der Waals surface area contributed by atoms with Crippen LogP contribution in [0.15, 0.2) is 37.1 Å². The number of esters is 1. The number of aryl methyl sites for hydroxylation is 1. The molecule has 4 aromatic rings. The Labute approximate surface area is 175 Å². The van der Waals surface area contributed by atoms with Gasteiger partial charge in [-0.1, -0.05) is 0 Å². The van der Waals surface area contributed by atoms with Crippen LogP contribution in [0.2, 0.25) is 0 Å². The Bertz CT molecular complexity index is 1270. The van der Waals surface area contributed by atoms with E-state index in [1.54, 1.807) is 17.0 Å². The second kappa shape index (κ2) is 8.48. The standard InChI is InChI=1S/C20H19FN6O4/c1-31-20(30)15(9-28)26-16(29)3-5-27-4-2-12-17(24-10-25-19(12)27)14-8-23-18-13(14)6-11(21)7-22-18/h2,4,6-8,10,15,28H,3,5,9H2,1H3,(H,22,23)(H,26,29)/t15-/m0/s1. The molecule has 0 aliphatic heterocycles. The van der Waals surface area contributed by atoms with Crippen molar-refractivity contribution in [3.63, 3.8) is 0 Å². The largest absolute Gasteiger partial charge is 0.467 e. The molecule has 10 nitrogen and oxygen atoms in total. The number of fused-ring (bicyclic) bond motifs is 2. The van der Waals surface area contributed by atoms with Crippen LogP contribution in [0.25, 0.3) is 33.3 Å². The van der Waals surface area contributed by atoms with Crippen molar-refractivity contribution in [3.8, 4) is 11.3 Å². The van der Waals surface area contributed by atoms with Gasteiger partial charge in [-0.25, -0.2) is 24.1 Å². The van der Waals surface area contributed by atoms with Crippen molar-refractivity contribution >= 4 is 33.9 Å². The van der Waals surface area contributed by atoms with Crippen molar-refractivity contribution in [2.45, 2.75) is 19.0 Å². The summed E-state index contributed by atoms with van der Waals surface area (Å²) in [5.41, 5.74) is 2.44. The lowest BCUT2D eigenvalue weighted by Crippen LogP contribution is -2.44. The molecule has 4 heterocycles. The van der Waals surface area contributed by atoms with Crippen LogP contribution < -0.4 is 5.32 Å². The highest BCUT2D eigenvalue weighted by Crippen LogP contribution is 2.31. The summed E-state index contributed by atoms with van der Waals surface area (Å²) in [6, 6.07) is 2.10. The molecule has 0 unspecified atom stereocenters. The van der Waals surface area contributed by atoms with Gasteiger partial charge in [0.2, 0.25) is 5.91 Å². The maximum absolute atomic E-state index is 13.7. The molecule has 4 aromatic heterocycles. The summed E-state index contributed by atoms with van der Waals surface area (Å²) in [5.74, 6) is -1.58. The molecule has 0 aliphatic rings. The number of aromatic nitrogens is 5. The minimum Gasteiger partial charge on any atom is -0.467 e. The van der Waals surface area contributed by atoms with Gasteiger partial charge in [-0.3, -0.25) is 4.79 Å². The van der Waals surface area contributed by atoms with Gasteiger partial charge in [0.25, 0.3) is 0 Å². The first-order valence-corrected chi connectivity index (χ1v) is 9.42. The lowest BCUT2D eigenvalue weighted by atomic mass is 10.1. The number of hydrogen-bond donors (Lipinski definition) is 3. The number of carbonyl (C=O) groups excluding carboxylic acids is 2. The normalized spacial score (nSPS) is 12.2. The van der Waals surface area contributed by atoms with E-state index >= 15 is 0 Å². The third kappa shape index (κ3) is 3.94. The number of halogens is 1. The molecule has 0 fully saturated rings. The number of pyridine rings is 1. The van der Waals surface area contributed by atoms with E-state index in [1.165, 1.54) is 19.5 Å². The Kier molecular flexibility index (Phi) is 5.58. The van der Waals surface area contributed by atoms with Crippen LogP contribution in [0.1, 0.15) is 6.42 Å². The first-order valence-electron chi connectivity index (χ1n) is 9.42. The fourth-order valence-electron chi connectivity index (χ4n) is 3.38. The van der Waals surface area contributed by atoms with E-state index in [9.17, 15) is 19.1 Å². The molecule has 11 heteroatoms. The van der Waals surface area contributed by atoms with E-state index in [-0.39, 0.29) is 13.0 Å². The highest BCUT2D eigenvalue weighted by atomic mass is 19.1. The third-order valence-electron chi connectivity index (χ3n) is 4.89. The van der Waals surface area contributed by atoms with E-state index < -0.39 is 30.3 Å². The Morgan fingerprint density at radius 2 is 2.16 bits per heavy atom. The first-order chi connectivity index (χ1) is 15.0. The van der Waals surface area contributed by atoms with Gasteiger partial charge in [-0.15, -0.1) is 0 Å². The Balaban J connectivity index is 1.57. The van der Waals surface area contributed by atoms with Crippen molar-refractivity contribution in [1.29, 1.82) is 0 Å². The number of aliphatic hydroxyl groups excluding tert-OH is 1. The quantitative estimate of drug-likeness (QED) is 0.377. The lowest BCUT2D eigenvalue weighted by molar-refractivity contribution is -0.146. The molecular weight excluding hydrogens is 407 g/mol. The van der Waals surface area contributed by atoms with Crippen LogP contribution in [0, 0.1) is 5.82 Å². The summed E-state index contributed by atoms with van der Waals surface area (Å²) in [6.07, 6.45) is 6.08. The van der Waals surface area contributed by atoms with Crippen LogP contribution in [0.3, 0.4) is 0 Å². The van der Waals surface area contributed by atoms with E-state index in [2.05, 4.69) is 30.0 Å². The minimum absolute atomic E-state index is 0.0544. The maximum Gasteiger partial charge on any atom is 0.330 e. The van der Waals surface area contributed by atoms with Crippen LogP contribution in [0.4, 0.5) is 4.39 Å².